The zero-order chi connectivity index (χ0) is 13.9. The van der Waals surface area contributed by atoms with Gasteiger partial charge in [-0.3, -0.25) is 0 Å². The van der Waals surface area contributed by atoms with Crippen LogP contribution < -0.4 is 0 Å². The summed E-state index contributed by atoms with van der Waals surface area (Å²) in [5.41, 5.74) is 0. The molecule has 0 aliphatic carbocycles. The quantitative estimate of drug-likeness (QED) is 0.204. The molecule has 0 spiro atoms. The fourth-order valence-corrected chi connectivity index (χ4v) is 1.91. The summed E-state index contributed by atoms with van der Waals surface area (Å²) in [6, 6.07) is 0. The normalized spacial score (nSPS) is 9.47. The van der Waals surface area contributed by atoms with E-state index in [1.54, 1.807) is 0 Å². The molecule has 0 aliphatic rings. The average Bonchev–Trinajstić information content (AvgIpc) is 2.39. The van der Waals surface area contributed by atoms with E-state index in [2.05, 4.69) is 27.7 Å². The molecule has 0 rings (SSSR count). The third kappa shape index (κ3) is 32.3. The van der Waals surface area contributed by atoms with Crippen molar-refractivity contribution in [2.45, 2.75) is 104 Å². The van der Waals surface area contributed by atoms with E-state index in [1.165, 1.54) is 77.0 Å². The van der Waals surface area contributed by atoms with E-state index < -0.39 is 0 Å². The Morgan fingerprint density at radius 1 is 0.474 bits per heavy atom. The summed E-state index contributed by atoms with van der Waals surface area (Å²) < 4.78 is 0. The molecule has 0 aromatic carbocycles. The number of hydrogen-bond donors (Lipinski definition) is 0. The Balaban J connectivity index is -0.000000256. The molecule has 19 heavy (non-hydrogen) atoms. The molecule has 0 fully saturated rings. The molecule has 0 radical (unpaired) electrons. The van der Waals surface area contributed by atoms with Gasteiger partial charge >= 0.3 is 19.5 Å². The molecular formula is C18H38Zn. The van der Waals surface area contributed by atoms with Gasteiger partial charge in [-0.15, -0.1) is 0 Å². The van der Waals surface area contributed by atoms with Crippen molar-refractivity contribution in [3.05, 3.63) is 13.8 Å². The second-order valence-electron chi connectivity index (χ2n) is 5.24. The molecule has 0 atom stereocenters. The molecule has 0 N–H and O–H groups in total. The third-order valence-corrected chi connectivity index (χ3v) is 3.21. The van der Waals surface area contributed by atoms with E-state index in [1.807, 2.05) is 0 Å². The second-order valence-corrected chi connectivity index (χ2v) is 5.24. The topological polar surface area (TPSA) is 0 Å². The first-order valence-corrected chi connectivity index (χ1v) is 8.41. The summed E-state index contributed by atoms with van der Waals surface area (Å²) in [6.45, 7) is 12.1. The van der Waals surface area contributed by atoms with Gasteiger partial charge in [-0.05, 0) is 0 Å². The van der Waals surface area contributed by atoms with Crippen LogP contribution in [0.2, 0.25) is 0 Å². The van der Waals surface area contributed by atoms with Crippen LogP contribution in [0.15, 0.2) is 0 Å². The molecule has 0 saturated carbocycles. The van der Waals surface area contributed by atoms with Gasteiger partial charge in [0.25, 0.3) is 0 Å². The van der Waals surface area contributed by atoms with Crippen molar-refractivity contribution >= 4 is 0 Å². The molecule has 0 amide bonds. The minimum Gasteiger partial charge on any atom is -0.343 e. The van der Waals surface area contributed by atoms with Crippen LogP contribution in [0.3, 0.4) is 0 Å². The van der Waals surface area contributed by atoms with E-state index in [9.17, 15) is 0 Å². The Morgan fingerprint density at radius 2 is 0.737 bits per heavy atom. The van der Waals surface area contributed by atoms with Crippen molar-refractivity contribution in [3.63, 3.8) is 0 Å². The molecule has 112 valence electrons. The summed E-state index contributed by atoms with van der Waals surface area (Å²) in [4.78, 5) is 0. The smallest absolute Gasteiger partial charge is 0.343 e. The molecule has 0 heterocycles. The molecular weight excluding hydrogens is 282 g/mol. The first-order chi connectivity index (χ1) is 8.83. The fourth-order valence-electron chi connectivity index (χ4n) is 1.91. The fraction of sp³-hybridized carbons (Fsp3) is 0.889. The van der Waals surface area contributed by atoms with Gasteiger partial charge in [-0.25, -0.2) is 0 Å². The van der Waals surface area contributed by atoms with Crippen molar-refractivity contribution in [1.82, 2.24) is 0 Å². The Kier molecular flexibility index (Phi) is 35.1. The van der Waals surface area contributed by atoms with Crippen LogP contribution in [-0.2, 0) is 19.5 Å². The van der Waals surface area contributed by atoms with Crippen molar-refractivity contribution in [2.75, 3.05) is 0 Å². The van der Waals surface area contributed by atoms with Crippen LogP contribution >= 0.6 is 0 Å². The van der Waals surface area contributed by atoms with Crippen LogP contribution in [-0.4, -0.2) is 0 Å². The van der Waals surface area contributed by atoms with Gasteiger partial charge in [0.05, 0.1) is 0 Å². The summed E-state index contributed by atoms with van der Waals surface area (Å²) in [5.74, 6) is 0. The molecule has 0 aromatic rings. The largest absolute Gasteiger partial charge is 2.00 e. The van der Waals surface area contributed by atoms with Gasteiger partial charge in [-0.1, -0.05) is 90.9 Å². The molecule has 0 unspecified atom stereocenters. The van der Waals surface area contributed by atoms with Gasteiger partial charge in [0.1, 0.15) is 0 Å². The monoisotopic (exact) mass is 318 g/mol. The Labute approximate surface area is 137 Å². The Morgan fingerprint density at radius 3 is 1.00 bits per heavy atom. The summed E-state index contributed by atoms with van der Waals surface area (Å²) >= 11 is 0. The molecule has 0 nitrogen and oxygen atoms in total. The van der Waals surface area contributed by atoms with Crippen LogP contribution in [0.5, 0.6) is 0 Å². The summed E-state index contributed by atoms with van der Waals surface area (Å²) in [7, 11) is 0. The van der Waals surface area contributed by atoms with Crippen molar-refractivity contribution in [3.8, 4) is 0 Å². The predicted octanol–water partition coefficient (Wildman–Crippen LogP) is 7.14. The zero-order valence-electron chi connectivity index (χ0n) is 14.0. The first-order valence-electron chi connectivity index (χ1n) is 8.41. The second kappa shape index (κ2) is 27.0. The molecule has 0 saturated heterocycles. The summed E-state index contributed by atoms with van der Waals surface area (Å²) in [5, 5.41) is 0. The minimum absolute atomic E-state index is 0. The van der Waals surface area contributed by atoms with Crippen LogP contribution in [0, 0.1) is 13.8 Å². The first kappa shape index (κ1) is 24.6. The Bertz CT molecular complexity index is 86.3. The SMILES string of the molecule is [CH2-]CCCCCCCC.[CH2-]CCCCCCCC.[Zn+2]. The minimum atomic E-state index is 0. The van der Waals surface area contributed by atoms with Crippen molar-refractivity contribution < 1.29 is 19.5 Å². The van der Waals surface area contributed by atoms with Crippen LogP contribution in [0.25, 0.3) is 0 Å². The van der Waals surface area contributed by atoms with E-state index in [0.29, 0.717) is 0 Å². The van der Waals surface area contributed by atoms with Crippen LogP contribution in [0.4, 0.5) is 0 Å². The summed E-state index contributed by atoms with van der Waals surface area (Å²) in [6.07, 6.45) is 18.9. The molecule has 1 heteroatoms. The van der Waals surface area contributed by atoms with Crippen LogP contribution in [0.1, 0.15) is 104 Å². The molecule has 0 aliphatic heterocycles. The third-order valence-electron chi connectivity index (χ3n) is 3.21. The molecule has 0 aromatic heterocycles. The molecule has 0 bridgehead atoms. The van der Waals surface area contributed by atoms with Gasteiger partial charge < -0.3 is 13.8 Å². The predicted molar refractivity (Wildman–Crippen MR) is 86.7 cm³/mol. The van der Waals surface area contributed by atoms with E-state index >= 15 is 0 Å². The van der Waals surface area contributed by atoms with Gasteiger partial charge in [0, 0.05) is 0 Å². The van der Waals surface area contributed by atoms with Gasteiger partial charge in [0.15, 0.2) is 0 Å². The van der Waals surface area contributed by atoms with Crippen molar-refractivity contribution in [1.29, 1.82) is 0 Å². The van der Waals surface area contributed by atoms with E-state index in [4.69, 9.17) is 0 Å². The van der Waals surface area contributed by atoms with E-state index in [0.717, 1.165) is 12.8 Å². The standard InChI is InChI=1S/2C9H19.Zn/c2*1-3-5-7-9-8-6-4-2;/h2*1,3-9H2,2H3;/q2*-1;+2. The Hall–Kier alpha value is 0.623. The maximum Gasteiger partial charge on any atom is 2.00 e. The zero-order valence-corrected chi connectivity index (χ0v) is 17.0. The number of unbranched alkanes of at least 4 members (excludes halogenated alkanes) is 12. The van der Waals surface area contributed by atoms with E-state index in [-0.39, 0.29) is 19.5 Å². The maximum atomic E-state index is 3.80. The average molecular weight is 320 g/mol. The number of hydrogen-bond acceptors (Lipinski definition) is 0. The number of rotatable bonds is 12. The van der Waals surface area contributed by atoms with Gasteiger partial charge in [-0.2, -0.15) is 12.8 Å². The van der Waals surface area contributed by atoms with Gasteiger partial charge in [0.2, 0.25) is 0 Å². The maximum absolute atomic E-state index is 3.80. The van der Waals surface area contributed by atoms with Crippen molar-refractivity contribution in [2.24, 2.45) is 0 Å².